The van der Waals surface area contributed by atoms with Crippen LogP contribution in [-0.4, -0.2) is 29.6 Å². The first kappa shape index (κ1) is 10.4. The molecule has 2 nitrogen and oxygen atoms in total. The zero-order chi connectivity index (χ0) is 9.64. The van der Waals surface area contributed by atoms with Gasteiger partial charge in [-0.3, -0.25) is 0 Å². The van der Waals surface area contributed by atoms with Crippen molar-refractivity contribution in [2.24, 2.45) is 11.8 Å². The molecule has 1 saturated heterocycles. The molecule has 13 heavy (non-hydrogen) atoms. The molecule has 0 bridgehead atoms. The van der Waals surface area contributed by atoms with Crippen molar-refractivity contribution in [3.8, 4) is 0 Å². The van der Waals surface area contributed by atoms with Gasteiger partial charge in [0.1, 0.15) is 0 Å². The molecule has 0 aromatic heterocycles. The van der Waals surface area contributed by atoms with E-state index >= 15 is 0 Å². The van der Waals surface area contributed by atoms with Crippen LogP contribution in [0.25, 0.3) is 0 Å². The summed E-state index contributed by atoms with van der Waals surface area (Å²) in [7, 11) is -2.72. The van der Waals surface area contributed by atoms with E-state index in [1.165, 1.54) is 0 Å². The van der Waals surface area contributed by atoms with Gasteiger partial charge in [-0.05, 0) is 24.7 Å². The van der Waals surface area contributed by atoms with Crippen LogP contribution in [0, 0.1) is 11.8 Å². The van der Waals surface area contributed by atoms with E-state index < -0.39 is 9.84 Å². The van der Waals surface area contributed by atoms with Gasteiger partial charge >= 0.3 is 0 Å². The molecule has 1 aliphatic heterocycles. The van der Waals surface area contributed by atoms with Crippen molar-refractivity contribution in [1.29, 1.82) is 0 Å². The van der Waals surface area contributed by atoms with Crippen molar-refractivity contribution >= 4 is 41.7 Å². The molecule has 0 unspecified atom stereocenters. The standard InChI is InChI=1S/C8H12Br2O2S/c9-7-1-5-3-13(11,12)4-6(5)2-8(7)10/h5-8H,1-4H2/t5-,6+,7-,8-/m0/s1. The molecule has 0 aromatic rings. The summed E-state index contributed by atoms with van der Waals surface area (Å²) >= 11 is 7.17. The van der Waals surface area contributed by atoms with Crippen LogP contribution in [0.5, 0.6) is 0 Å². The van der Waals surface area contributed by atoms with Crippen LogP contribution in [0.2, 0.25) is 0 Å². The molecule has 0 N–H and O–H groups in total. The predicted molar refractivity (Wildman–Crippen MR) is 60.3 cm³/mol. The van der Waals surface area contributed by atoms with E-state index in [1.807, 2.05) is 0 Å². The second-order valence-corrected chi connectivity index (χ2v) is 8.61. The summed E-state index contributed by atoms with van der Waals surface area (Å²) in [6.07, 6.45) is 2.00. The molecule has 0 amide bonds. The first-order valence-corrected chi connectivity index (χ1v) is 8.12. The van der Waals surface area contributed by atoms with Gasteiger partial charge in [0.15, 0.2) is 9.84 Å². The van der Waals surface area contributed by atoms with Crippen LogP contribution in [0.15, 0.2) is 0 Å². The lowest BCUT2D eigenvalue weighted by Crippen LogP contribution is -2.31. The summed E-state index contributed by atoms with van der Waals surface area (Å²) < 4.78 is 22.8. The fraction of sp³-hybridized carbons (Fsp3) is 1.00. The molecule has 76 valence electrons. The predicted octanol–water partition coefficient (Wildman–Crippen LogP) is 1.97. The van der Waals surface area contributed by atoms with Gasteiger partial charge in [-0.2, -0.15) is 0 Å². The van der Waals surface area contributed by atoms with Gasteiger partial charge < -0.3 is 0 Å². The molecular formula is C8H12Br2O2S. The minimum absolute atomic E-state index is 0.406. The molecule has 1 heterocycles. The summed E-state index contributed by atoms with van der Waals surface area (Å²) in [5, 5.41) is 0. The third-order valence-electron chi connectivity index (χ3n) is 3.05. The van der Waals surface area contributed by atoms with Gasteiger partial charge in [0.2, 0.25) is 0 Å². The molecule has 0 spiro atoms. The average molecular weight is 332 g/mol. The monoisotopic (exact) mass is 330 g/mol. The number of alkyl halides is 2. The topological polar surface area (TPSA) is 34.1 Å². The maximum Gasteiger partial charge on any atom is 0.150 e. The lowest BCUT2D eigenvalue weighted by atomic mass is 9.82. The van der Waals surface area contributed by atoms with Crippen LogP contribution in [-0.2, 0) is 9.84 Å². The SMILES string of the molecule is O=S1(=O)C[C@H]2C[C@H](Br)[C@@H](Br)C[C@H]2C1. The van der Waals surface area contributed by atoms with E-state index in [9.17, 15) is 8.42 Å². The Bertz CT molecular complexity index is 277. The van der Waals surface area contributed by atoms with Crippen LogP contribution in [0.4, 0.5) is 0 Å². The maximum atomic E-state index is 11.4. The Kier molecular flexibility index (Phi) is 2.80. The third kappa shape index (κ3) is 2.12. The Hall–Kier alpha value is 0.910. The molecular weight excluding hydrogens is 320 g/mol. The number of fused-ring (bicyclic) bond motifs is 1. The highest BCUT2D eigenvalue weighted by Gasteiger charge is 2.43. The van der Waals surface area contributed by atoms with Crippen LogP contribution < -0.4 is 0 Å². The minimum atomic E-state index is -2.72. The molecule has 2 aliphatic rings. The molecule has 0 aromatic carbocycles. The van der Waals surface area contributed by atoms with Gasteiger partial charge in [0, 0.05) is 9.65 Å². The molecule has 1 saturated carbocycles. The number of rotatable bonds is 0. The third-order valence-corrected chi connectivity index (χ3v) is 7.66. The summed E-state index contributed by atoms with van der Waals surface area (Å²) in [6.45, 7) is 0. The van der Waals surface area contributed by atoms with E-state index in [0.29, 0.717) is 33.0 Å². The molecule has 0 radical (unpaired) electrons. The van der Waals surface area contributed by atoms with Crippen molar-refractivity contribution in [3.63, 3.8) is 0 Å². The molecule has 2 rings (SSSR count). The van der Waals surface area contributed by atoms with Crippen molar-refractivity contribution in [1.82, 2.24) is 0 Å². The average Bonchev–Trinajstić information content (AvgIpc) is 2.24. The second kappa shape index (κ2) is 3.49. The summed E-state index contributed by atoms with van der Waals surface area (Å²) in [5.74, 6) is 1.64. The zero-order valence-electron chi connectivity index (χ0n) is 7.12. The van der Waals surface area contributed by atoms with E-state index in [0.717, 1.165) is 12.8 Å². The molecule has 5 heteroatoms. The normalized spacial score (nSPS) is 48.8. The van der Waals surface area contributed by atoms with Crippen molar-refractivity contribution in [2.45, 2.75) is 22.5 Å². The maximum absolute atomic E-state index is 11.4. The Labute approximate surface area is 95.6 Å². The van der Waals surface area contributed by atoms with Crippen LogP contribution in [0.3, 0.4) is 0 Å². The Morgan fingerprint density at radius 2 is 1.31 bits per heavy atom. The van der Waals surface area contributed by atoms with E-state index in [-0.39, 0.29) is 0 Å². The highest BCUT2D eigenvalue weighted by atomic mass is 79.9. The number of hydrogen-bond acceptors (Lipinski definition) is 2. The fourth-order valence-electron chi connectivity index (χ4n) is 2.39. The molecule has 4 atom stereocenters. The number of halogens is 2. The van der Waals surface area contributed by atoms with Gasteiger partial charge in [-0.15, -0.1) is 0 Å². The number of sulfone groups is 1. The van der Waals surface area contributed by atoms with Gasteiger partial charge in [0.25, 0.3) is 0 Å². The van der Waals surface area contributed by atoms with Gasteiger partial charge in [-0.1, -0.05) is 31.9 Å². The van der Waals surface area contributed by atoms with E-state index in [4.69, 9.17) is 0 Å². The van der Waals surface area contributed by atoms with Crippen LogP contribution >= 0.6 is 31.9 Å². The fourth-order valence-corrected chi connectivity index (χ4v) is 6.04. The van der Waals surface area contributed by atoms with Crippen molar-refractivity contribution in [3.05, 3.63) is 0 Å². The first-order valence-electron chi connectivity index (χ1n) is 4.46. The Morgan fingerprint density at radius 3 is 1.69 bits per heavy atom. The lowest BCUT2D eigenvalue weighted by Gasteiger charge is -2.31. The quantitative estimate of drug-likeness (QED) is 0.636. The first-order chi connectivity index (χ1) is 5.98. The lowest BCUT2D eigenvalue weighted by molar-refractivity contribution is 0.318. The largest absolute Gasteiger partial charge is 0.229 e. The Morgan fingerprint density at radius 1 is 0.923 bits per heavy atom. The van der Waals surface area contributed by atoms with Crippen molar-refractivity contribution in [2.75, 3.05) is 11.5 Å². The summed E-state index contributed by atoms with van der Waals surface area (Å²) in [4.78, 5) is 0.893. The molecule has 2 fully saturated rings. The van der Waals surface area contributed by atoms with Gasteiger partial charge in [-0.25, -0.2) is 8.42 Å². The Balaban J connectivity index is 2.14. The van der Waals surface area contributed by atoms with Gasteiger partial charge in [0.05, 0.1) is 11.5 Å². The smallest absolute Gasteiger partial charge is 0.150 e. The summed E-state index contributed by atoms with van der Waals surface area (Å²) in [5.41, 5.74) is 0. The minimum Gasteiger partial charge on any atom is -0.229 e. The molecule has 1 aliphatic carbocycles. The van der Waals surface area contributed by atoms with Crippen molar-refractivity contribution < 1.29 is 8.42 Å². The van der Waals surface area contributed by atoms with E-state index in [1.54, 1.807) is 0 Å². The number of hydrogen-bond donors (Lipinski definition) is 0. The highest BCUT2D eigenvalue weighted by molar-refractivity contribution is 9.12. The second-order valence-electron chi connectivity index (χ2n) is 4.10. The van der Waals surface area contributed by atoms with E-state index in [2.05, 4.69) is 31.9 Å². The van der Waals surface area contributed by atoms with Crippen LogP contribution in [0.1, 0.15) is 12.8 Å². The summed E-state index contributed by atoms with van der Waals surface area (Å²) in [6, 6.07) is 0. The zero-order valence-corrected chi connectivity index (χ0v) is 11.1. The highest BCUT2D eigenvalue weighted by Crippen LogP contribution is 2.42.